The molecular formula is C12H14N6. The van der Waals surface area contributed by atoms with Gasteiger partial charge >= 0.3 is 0 Å². The Balaban J connectivity index is 2.19. The van der Waals surface area contributed by atoms with E-state index in [0.717, 1.165) is 11.1 Å². The molecule has 92 valence electrons. The lowest BCUT2D eigenvalue weighted by atomic mass is 10.1. The molecule has 0 amide bonds. The number of nitrogen functional groups attached to an aromatic ring is 1. The van der Waals surface area contributed by atoms with Crippen LogP contribution in [0.5, 0.6) is 0 Å². The van der Waals surface area contributed by atoms with Gasteiger partial charge in [-0.15, -0.1) is 0 Å². The van der Waals surface area contributed by atoms with Crippen LogP contribution in [0.25, 0.3) is 0 Å². The minimum Gasteiger partial charge on any atom is -0.384 e. The maximum atomic E-state index is 9.08. The molecule has 6 heteroatoms. The molecule has 0 radical (unpaired) electrons. The molecule has 2 aromatic rings. The number of anilines is 2. The van der Waals surface area contributed by atoms with Gasteiger partial charge in [0.05, 0.1) is 11.8 Å². The number of aryl methyl sites for hydroxylation is 2. The first-order valence-corrected chi connectivity index (χ1v) is 5.49. The number of nitrogens with two attached hydrogens (primary N) is 1. The van der Waals surface area contributed by atoms with Crippen LogP contribution in [-0.4, -0.2) is 14.8 Å². The molecule has 0 saturated carbocycles. The highest BCUT2D eigenvalue weighted by Crippen LogP contribution is 2.17. The third-order valence-corrected chi connectivity index (χ3v) is 2.78. The van der Waals surface area contributed by atoms with Gasteiger partial charge in [0.25, 0.3) is 0 Å². The zero-order valence-electron chi connectivity index (χ0n) is 10.3. The number of hydrogen-bond donors (Lipinski definition) is 2. The fourth-order valence-corrected chi connectivity index (χ4v) is 1.64. The lowest BCUT2D eigenvalue weighted by Crippen LogP contribution is -2.06. The Hall–Kier alpha value is -2.55. The third kappa shape index (κ3) is 2.11. The maximum absolute atomic E-state index is 9.08. The molecule has 2 aromatic heterocycles. The molecule has 18 heavy (non-hydrogen) atoms. The van der Waals surface area contributed by atoms with Gasteiger partial charge in [-0.05, 0) is 18.6 Å². The molecule has 0 aliphatic heterocycles. The van der Waals surface area contributed by atoms with Crippen LogP contribution in [0, 0.1) is 18.3 Å². The second kappa shape index (κ2) is 4.75. The lowest BCUT2D eigenvalue weighted by Gasteiger charge is -2.08. The highest BCUT2D eigenvalue weighted by Gasteiger charge is 2.08. The van der Waals surface area contributed by atoms with Crippen molar-refractivity contribution in [1.29, 1.82) is 5.26 Å². The summed E-state index contributed by atoms with van der Waals surface area (Å²) in [6.45, 7) is 2.37. The number of aromatic nitrogens is 3. The summed E-state index contributed by atoms with van der Waals surface area (Å²) in [6.07, 6.45) is 3.37. The van der Waals surface area contributed by atoms with E-state index in [0.29, 0.717) is 23.7 Å². The number of nitrogens with one attached hydrogen (secondary N) is 1. The topological polar surface area (TPSA) is 92.6 Å². The predicted octanol–water partition coefficient (Wildman–Crippen LogP) is 1.19. The summed E-state index contributed by atoms with van der Waals surface area (Å²) in [6, 6.07) is 3.95. The minimum absolute atomic E-state index is 0.491. The van der Waals surface area contributed by atoms with Gasteiger partial charge in [-0.3, -0.25) is 4.68 Å². The van der Waals surface area contributed by atoms with Gasteiger partial charge in [0.15, 0.2) is 0 Å². The number of rotatable bonds is 3. The number of nitrogens with zero attached hydrogens (tertiary/aromatic N) is 4. The zero-order chi connectivity index (χ0) is 13.1. The van der Waals surface area contributed by atoms with E-state index in [4.69, 9.17) is 11.0 Å². The Morgan fingerprint density at radius 1 is 1.56 bits per heavy atom. The monoisotopic (exact) mass is 242 g/mol. The van der Waals surface area contributed by atoms with Gasteiger partial charge in [0, 0.05) is 25.4 Å². The molecule has 0 aromatic carbocycles. The highest BCUT2D eigenvalue weighted by atomic mass is 15.3. The van der Waals surface area contributed by atoms with Crippen LogP contribution >= 0.6 is 0 Å². The molecule has 0 unspecified atom stereocenters. The minimum atomic E-state index is 0.491. The van der Waals surface area contributed by atoms with Crippen LogP contribution < -0.4 is 11.1 Å². The van der Waals surface area contributed by atoms with Crippen LogP contribution in [0.3, 0.4) is 0 Å². The molecule has 0 fully saturated rings. The van der Waals surface area contributed by atoms with Gasteiger partial charge in [-0.1, -0.05) is 0 Å². The van der Waals surface area contributed by atoms with E-state index in [1.165, 1.54) is 0 Å². The van der Waals surface area contributed by atoms with E-state index in [1.54, 1.807) is 24.1 Å². The third-order valence-electron chi connectivity index (χ3n) is 2.78. The van der Waals surface area contributed by atoms with Crippen molar-refractivity contribution in [2.45, 2.75) is 13.5 Å². The van der Waals surface area contributed by atoms with Crippen LogP contribution in [0.4, 0.5) is 11.6 Å². The Bertz CT molecular complexity index is 608. The summed E-state index contributed by atoms with van der Waals surface area (Å²) in [4.78, 5) is 4.16. The van der Waals surface area contributed by atoms with Crippen molar-refractivity contribution >= 4 is 11.6 Å². The first kappa shape index (κ1) is 11.9. The molecule has 0 spiro atoms. The zero-order valence-corrected chi connectivity index (χ0v) is 10.3. The van der Waals surface area contributed by atoms with Crippen molar-refractivity contribution in [1.82, 2.24) is 14.8 Å². The molecule has 3 N–H and O–H groups in total. The number of hydrogen-bond acceptors (Lipinski definition) is 5. The van der Waals surface area contributed by atoms with Crippen molar-refractivity contribution in [3.8, 4) is 6.07 Å². The normalized spacial score (nSPS) is 10.1. The van der Waals surface area contributed by atoms with Crippen LogP contribution in [0.1, 0.15) is 16.7 Å². The average molecular weight is 242 g/mol. The molecule has 0 atom stereocenters. The predicted molar refractivity (Wildman–Crippen MR) is 68.6 cm³/mol. The Morgan fingerprint density at radius 3 is 2.94 bits per heavy atom. The molecule has 0 aliphatic carbocycles. The Morgan fingerprint density at radius 2 is 2.33 bits per heavy atom. The van der Waals surface area contributed by atoms with Gasteiger partial charge in [0.2, 0.25) is 0 Å². The van der Waals surface area contributed by atoms with Gasteiger partial charge < -0.3 is 11.1 Å². The maximum Gasteiger partial charge on any atom is 0.144 e. The van der Waals surface area contributed by atoms with Crippen molar-refractivity contribution in [2.75, 3.05) is 11.1 Å². The molecule has 0 bridgehead atoms. The Labute approximate surface area is 105 Å². The van der Waals surface area contributed by atoms with E-state index in [9.17, 15) is 0 Å². The fraction of sp³-hybridized carbons (Fsp3) is 0.250. The van der Waals surface area contributed by atoms with E-state index >= 15 is 0 Å². The van der Waals surface area contributed by atoms with E-state index in [2.05, 4.69) is 21.5 Å². The molecule has 2 rings (SSSR count). The molecule has 2 heterocycles. The average Bonchev–Trinajstić information content (AvgIpc) is 2.68. The first-order valence-electron chi connectivity index (χ1n) is 5.49. The van der Waals surface area contributed by atoms with Crippen molar-refractivity contribution < 1.29 is 0 Å². The highest BCUT2D eigenvalue weighted by molar-refractivity contribution is 5.56. The van der Waals surface area contributed by atoms with Crippen LogP contribution in [0.15, 0.2) is 18.5 Å². The summed E-state index contributed by atoms with van der Waals surface area (Å²) >= 11 is 0. The van der Waals surface area contributed by atoms with Crippen molar-refractivity contribution in [2.24, 2.45) is 7.05 Å². The molecule has 0 aliphatic rings. The Kier molecular flexibility index (Phi) is 3.15. The quantitative estimate of drug-likeness (QED) is 0.843. The van der Waals surface area contributed by atoms with Gasteiger partial charge in [-0.25, -0.2) is 4.98 Å². The van der Waals surface area contributed by atoms with Gasteiger partial charge in [-0.2, -0.15) is 10.4 Å². The smallest absolute Gasteiger partial charge is 0.144 e. The molecular weight excluding hydrogens is 228 g/mol. The van der Waals surface area contributed by atoms with Crippen molar-refractivity contribution in [3.05, 3.63) is 35.2 Å². The number of nitriles is 1. The summed E-state index contributed by atoms with van der Waals surface area (Å²) in [5.74, 6) is 1.18. The van der Waals surface area contributed by atoms with Crippen LogP contribution in [-0.2, 0) is 13.6 Å². The number of pyridine rings is 1. The molecule has 0 saturated heterocycles. The second-order valence-corrected chi connectivity index (χ2v) is 4.00. The van der Waals surface area contributed by atoms with E-state index < -0.39 is 0 Å². The van der Waals surface area contributed by atoms with Gasteiger partial charge in [0.1, 0.15) is 17.7 Å². The second-order valence-electron chi connectivity index (χ2n) is 4.00. The van der Waals surface area contributed by atoms with E-state index in [-0.39, 0.29) is 0 Å². The SMILES string of the molecule is Cc1ccnc(NCc2cnn(C)c2N)c1C#N. The molecule has 6 nitrogen and oxygen atoms in total. The largest absolute Gasteiger partial charge is 0.384 e. The van der Waals surface area contributed by atoms with Crippen molar-refractivity contribution in [3.63, 3.8) is 0 Å². The lowest BCUT2D eigenvalue weighted by molar-refractivity contribution is 0.778. The summed E-state index contributed by atoms with van der Waals surface area (Å²) in [5, 5.41) is 16.2. The van der Waals surface area contributed by atoms with Crippen LogP contribution in [0.2, 0.25) is 0 Å². The standard InChI is InChI=1S/C12H14N6/c1-8-3-4-15-12(10(8)5-13)16-6-9-7-17-18(2)11(9)14/h3-4,7H,6,14H2,1-2H3,(H,15,16). The summed E-state index contributed by atoms with van der Waals surface area (Å²) in [7, 11) is 1.78. The fourth-order valence-electron chi connectivity index (χ4n) is 1.64. The summed E-state index contributed by atoms with van der Waals surface area (Å²) < 4.78 is 1.60. The first-order chi connectivity index (χ1) is 8.63. The van der Waals surface area contributed by atoms with E-state index in [1.807, 2.05) is 13.0 Å². The summed E-state index contributed by atoms with van der Waals surface area (Å²) in [5.41, 5.74) is 8.17.